The molecule has 2 rings (SSSR count). The number of nitrogens with zero attached hydrogens (tertiary/aromatic N) is 2. The summed E-state index contributed by atoms with van der Waals surface area (Å²) in [5.74, 6) is -0.637. The van der Waals surface area contributed by atoms with Gasteiger partial charge in [-0.3, -0.25) is 14.5 Å². The van der Waals surface area contributed by atoms with Crippen LogP contribution in [0, 0.1) is 5.41 Å². The third-order valence-electron chi connectivity index (χ3n) is 4.14. The van der Waals surface area contributed by atoms with Gasteiger partial charge in [0, 0.05) is 19.6 Å². The fraction of sp³-hybridized carbons (Fsp3) is 0.846. The molecule has 0 aromatic rings. The first-order valence-electron chi connectivity index (χ1n) is 6.64. The molecule has 1 N–H and O–H groups in total. The first-order chi connectivity index (χ1) is 8.42. The third-order valence-corrected chi connectivity index (χ3v) is 4.14. The quantitative estimate of drug-likeness (QED) is 0.806. The fourth-order valence-electron chi connectivity index (χ4n) is 2.62. The van der Waals surface area contributed by atoms with Crippen molar-refractivity contribution in [3.05, 3.63) is 0 Å². The van der Waals surface area contributed by atoms with Gasteiger partial charge in [0.05, 0.1) is 12.0 Å². The van der Waals surface area contributed by atoms with E-state index in [4.69, 9.17) is 0 Å². The largest absolute Gasteiger partial charge is 0.481 e. The van der Waals surface area contributed by atoms with Crippen LogP contribution in [-0.2, 0) is 9.59 Å². The molecular weight excluding hydrogens is 232 g/mol. The lowest BCUT2D eigenvalue weighted by atomic mass is 9.82. The predicted octanol–water partition coefficient (Wildman–Crippen LogP) is 0.794. The van der Waals surface area contributed by atoms with Crippen LogP contribution in [0.1, 0.15) is 32.6 Å². The zero-order chi connectivity index (χ0) is 13.3. The number of aliphatic carboxylic acids is 1. The minimum absolute atomic E-state index is 0.118. The van der Waals surface area contributed by atoms with Crippen molar-refractivity contribution >= 4 is 11.9 Å². The molecule has 0 aromatic carbocycles. The molecule has 1 saturated heterocycles. The van der Waals surface area contributed by atoms with Gasteiger partial charge in [0.1, 0.15) is 0 Å². The van der Waals surface area contributed by atoms with E-state index in [1.807, 2.05) is 16.8 Å². The van der Waals surface area contributed by atoms with Crippen molar-refractivity contribution < 1.29 is 14.7 Å². The Morgan fingerprint density at radius 3 is 2.67 bits per heavy atom. The van der Waals surface area contributed by atoms with Gasteiger partial charge in [-0.2, -0.15) is 0 Å². The van der Waals surface area contributed by atoms with E-state index in [9.17, 15) is 14.7 Å². The number of carbonyl (C=O) groups excluding carboxylic acids is 1. The van der Waals surface area contributed by atoms with Gasteiger partial charge in [0.2, 0.25) is 5.91 Å². The SMILES string of the molecule is CN(C(=O)CN1CCCC(C)(C(=O)O)C1)C1CC1. The Kier molecular flexibility index (Phi) is 3.61. The summed E-state index contributed by atoms with van der Waals surface area (Å²) in [4.78, 5) is 27.0. The molecule has 0 bridgehead atoms. The number of hydrogen-bond donors (Lipinski definition) is 1. The Balaban J connectivity index is 1.89. The van der Waals surface area contributed by atoms with E-state index in [0.29, 0.717) is 25.6 Å². The molecular formula is C13H22N2O3. The zero-order valence-electron chi connectivity index (χ0n) is 11.2. The number of carboxylic acids is 1. The van der Waals surface area contributed by atoms with Crippen LogP contribution in [0.25, 0.3) is 0 Å². The molecule has 2 aliphatic rings. The molecule has 102 valence electrons. The molecule has 1 aliphatic carbocycles. The molecule has 5 nitrogen and oxygen atoms in total. The summed E-state index contributed by atoms with van der Waals surface area (Å²) < 4.78 is 0. The van der Waals surface area contributed by atoms with Gasteiger partial charge in [0.25, 0.3) is 0 Å². The van der Waals surface area contributed by atoms with Crippen molar-refractivity contribution in [3.8, 4) is 0 Å². The van der Waals surface area contributed by atoms with E-state index in [1.54, 1.807) is 6.92 Å². The van der Waals surface area contributed by atoms with Crippen molar-refractivity contribution in [3.63, 3.8) is 0 Å². The fourth-order valence-corrected chi connectivity index (χ4v) is 2.62. The summed E-state index contributed by atoms with van der Waals surface area (Å²) in [6, 6.07) is 0.424. The van der Waals surface area contributed by atoms with Crippen LogP contribution in [0.5, 0.6) is 0 Å². The van der Waals surface area contributed by atoms with Crippen molar-refractivity contribution in [1.29, 1.82) is 0 Å². The molecule has 0 radical (unpaired) electrons. The normalized spacial score (nSPS) is 29.0. The first-order valence-corrected chi connectivity index (χ1v) is 6.64. The lowest BCUT2D eigenvalue weighted by molar-refractivity contribution is -0.152. The number of carbonyl (C=O) groups is 2. The minimum atomic E-state index is -0.754. The summed E-state index contributed by atoms with van der Waals surface area (Å²) in [6.07, 6.45) is 3.76. The Hall–Kier alpha value is -1.10. The predicted molar refractivity (Wildman–Crippen MR) is 67.2 cm³/mol. The summed E-state index contributed by atoms with van der Waals surface area (Å²) in [5.41, 5.74) is -0.698. The molecule has 1 saturated carbocycles. The maximum absolute atomic E-state index is 12.0. The number of amides is 1. The van der Waals surface area contributed by atoms with Gasteiger partial charge in [-0.25, -0.2) is 0 Å². The average molecular weight is 254 g/mol. The van der Waals surface area contributed by atoms with Crippen LogP contribution in [0.4, 0.5) is 0 Å². The standard InChI is InChI=1S/C13H22N2O3/c1-13(12(17)18)6-3-7-15(9-13)8-11(16)14(2)10-4-5-10/h10H,3-9H2,1-2H3,(H,17,18). The Bertz CT molecular complexity index is 354. The monoisotopic (exact) mass is 254 g/mol. The van der Waals surface area contributed by atoms with Crippen molar-refractivity contribution in [1.82, 2.24) is 9.80 Å². The molecule has 1 amide bonds. The maximum Gasteiger partial charge on any atom is 0.310 e. The second kappa shape index (κ2) is 4.88. The minimum Gasteiger partial charge on any atom is -0.481 e. The van der Waals surface area contributed by atoms with Gasteiger partial charge in [-0.05, 0) is 39.2 Å². The summed E-state index contributed by atoms with van der Waals surface area (Å²) in [5, 5.41) is 9.23. The smallest absolute Gasteiger partial charge is 0.310 e. The van der Waals surface area contributed by atoms with E-state index in [-0.39, 0.29) is 5.91 Å². The van der Waals surface area contributed by atoms with Crippen molar-refractivity contribution in [2.45, 2.75) is 38.6 Å². The van der Waals surface area contributed by atoms with Gasteiger partial charge in [0.15, 0.2) is 0 Å². The van der Waals surface area contributed by atoms with Crippen LogP contribution in [-0.4, -0.2) is 59.5 Å². The number of rotatable bonds is 4. The summed E-state index contributed by atoms with van der Waals surface area (Å²) >= 11 is 0. The highest BCUT2D eigenvalue weighted by Crippen LogP contribution is 2.30. The molecule has 1 aliphatic heterocycles. The first kappa shape index (κ1) is 13.3. The second-order valence-corrected chi connectivity index (χ2v) is 5.92. The highest BCUT2D eigenvalue weighted by atomic mass is 16.4. The summed E-state index contributed by atoms with van der Waals surface area (Å²) in [6.45, 7) is 3.44. The lowest BCUT2D eigenvalue weighted by Crippen LogP contribution is -2.49. The molecule has 5 heteroatoms. The van der Waals surface area contributed by atoms with Crippen molar-refractivity contribution in [2.24, 2.45) is 5.41 Å². The molecule has 0 spiro atoms. The van der Waals surface area contributed by atoms with Gasteiger partial charge < -0.3 is 10.0 Å². The Morgan fingerprint density at radius 2 is 2.11 bits per heavy atom. The number of likely N-dealkylation sites (N-methyl/N-ethyl adjacent to an activating group) is 1. The number of likely N-dealkylation sites (tertiary alicyclic amines) is 1. The molecule has 1 heterocycles. The Morgan fingerprint density at radius 1 is 1.44 bits per heavy atom. The third kappa shape index (κ3) is 2.83. The van der Waals surface area contributed by atoms with Crippen LogP contribution in [0.3, 0.4) is 0 Å². The molecule has 0 aromatic heterocycles. The number of hydrogen-bond acceptors (Lipinski definition) is 3. The summed E-state index contributed by atoms with van der Waals surface area (Å²) in [7, 11) is 1.85. The number of piperidine rings is 1. The van der Waals surface area contributed by atoms with Gasteiger partial charge in [-0.15, -0.1) is 0 Å². The van der Waals surface area contributed by atoms with Crippen LogP contribution in [0.15, 0.2) is 0 Å². The van der Waals surface area contributed by atoms with E-state index in [2.05, 4.69) is 0 Å². The Labute approximate surface area is 108 Å². The lowest BCUT2D eigenvalue weighted by Gasteiger charge is -2.37. The second-order valence-electron chi connectivity index (χ2n) is 5.92. The van der Waals surface area contributed by atoms with E-state index < -0.39 is 11.4 Å². The maximum atomic E-state index is 12.0. The van der Waals surface area contributed by atoms with Gasteiger partial charge in [-0.1, -0.05) is 0 Å². The van der Waals surface area contributed by atoms with Gasteiger partial charge >= 0.3 is 5.97 Å². The molecule has 1 atom stereocenters. The van der Waals surface area contributed by atoms with Crippen molar-refractivity contribution in [2.75, 3.05) is 26.7 Å². The van der Waals surface area contributed by atoms with E-state index in [1.165, 1.54) is 0 Å². The highest BCUT2D eigenvalue weighted by molar-refractivity contribution is 5.79. The van der Waals surface area contributed by atoms with Crippen LogP contribution < -0.4 is 0 Å². The highest BCUT2D eigenvalue weighted by Gasteiger charge is 2.39. The van der Waals surface area contributed by atoms with E-state index in [0.717, 1.165) is 25.8 Å². The topological polar surface area (TPSA) is 60.9 Å². The van der Waals surface area contributed by atoms with E-state index >= 15 is 0 Å². The number of carboxylic acid groups (broad SMARTS) is 1. The molecule has 2 fully saturated rings. The average Bonchev–Trinajstić information content (AvgIpc) is 3.11. The molecule has 1 unspecified atom stereocenters. The van der Waals surface area contributed by atoms with Crippen LogP contribution >= 0.6 is 0 Å². The van der Waals surface area contributed by atoms with Crippen LogP contribution in [0.2, 0.25) is 0 Å². The molecule has 18 heavy (non-hydrogen) atoms. The zero-order valence-corrected chi connectivity index (χ0v) is 11.2.